The number of rotatable bonds is 5. The van der Waals surface area contributed by atoms with E-state index in [0.717, 1.165) is 6.07 Å². The van der Waals surface area contributed by atoms with Crippen LogP contribution in [-0.2, 0) is 22.7 Å². The zero-order chi connectivity index (χ0) is 16.4. The summed E-state index contributed by atoms with van der Waals surface area (Å²) >= 11 is 0. The Labute approximate surface area is 122 Å². The molecule has 0 spiro atoms. The van der Waals surface area contributed by atoms with E-state index in [0.29, 0.717) is 12.1 Å². The summed E-state index contributed by atoms with van der Waals surface area (Å²) in [5.41, 5.74) is -1.81. The van der Waals surface area contributed by atoms with E-state index in [1.54, 1.807) is 0 Å². The van der Waals surface area contributed by atoms with Crippen molar-refractivity contribution in [2.75, 3.05) is 6.54 Å². The fraction of sp³-hybridized carbons (Fsp3) is 0.273. The van der Waals surface area contributed by atoms with Crippen LogP contribution in [0.2, 0.25) is 0 Å². The first-order valence-electron chi connectivity index (χ1n) is 5.89. The molecule has 1 heterocycles. The van der Waals surface area contributed by atoms with Gasteiger partial charge in [-0.3, -0.25) is 0 Å². The fourth-order valence-corrected chi connectivity index (χ4v) is 2.98. The molecule has 0 amide bonds. The summed E-state index contributed by atoms with van der Waals surface area (Å²) in [5.74, 6) is -1.64. The van der Waals surface area contributed by atoms with Gasteiger partial charge in [-0.15, -0.1) is 10.2 Å². The van der Waals surface area contributed by atoms with Crippen LogP contribution >= 0.6 is 0 Å². The first-order valence-corrected chi connectivity index (χ1v) is 7.38. The van der Waals surface area contributed by atoms with Crippen LogP contribution in [-0.4, -0.2) is 29.7 Å². The van der Waals surface area contributed by atoms with Crippen LogP contribution in [0.5, 0.6) is 0 Å². The third-order valence-electron chi connectivity index (χ3n) is 2.68. The Kier molecular flexibility index (Phi) is 4.47. The molecule has 0 aliphatic carbocycles. The van der Waals surface area contributed by atoms with Gasteiger partial charge in [0.15, 0.2) is 0 Å². The van der Waals surface area contributed by atoms with E-state index in [1.807, 2.05) is 4.72 Å². The third kappa shape index (κ3) is 3.60. The van der Waals surface area contributed by atoms with E-state index in [1.165, 1.54) is 17.2 Å². The largest absolute Gasteiger partial charge is 0.420 e. The van der Waals surface area contributed by atoms with Gasteiger partial charge in [0, 0.05) is 13.1 Å². The van der Waals surface area contributed by atoms with Crippen LogP contribution in [0.25, 0.3) is 0 Å². The molecule has 0 radical (unpaired) electrons. The monoisotopic (exact) mass is 338 g/mol. The van der Waals surface area contributed by atoms with Gasteiger partial charge >= 0.3 is 6.18 Å². The standard InChI is InChI=1S/C11H10F4N4O2S/c12-8-2-1-3-9(10(8)11(13,14)15)22(20,21)18-4-5-19-6-16-17-7-19/h1-3,6-7,18H,4-5H2. The normalized spacial score (nSPS) is 12.5. The molecule has 0 bridgehead atoms. The van der Waals surface area contributed by atoms with Gasteiger partial charge in [0.1, 0.15) is 24.0 Å². The maximum absolute atomic E-state index is 13.4. The Hall–Kier alpha value is -2.01. The van der Waals surface area contributed by atoms with Crippen molar-refractivity contribution in [3.63, 3.8) is 0 Å². The summed E-state index contributed by atoms with van der Waals surface area (Å²) < 4.78 is 79.2. The second-order valence-corrected chi connectivity index (χ2v) is 5.94. The number of nitrogens with zero attached hydrogens (tertiary/aromatic N) is 3. The van der Waals surface area contributed by atoms with Crippen molar-refractivity contribution in [3.05, 3.63) is 42.2 Å². The maximum atomic E-state index is 13.4. The van der Waals surface area contributed by atoms with Gasteiger partial charge in [0.05, 0.1) is 4.90 Å². The molecular weight excluding hydrogens is 328 g/mol. The molecule has 22 heavy (non-hydrogen) atoms. The molecule has 0 aliphatic rings. The van der Waals surface area contributed by atoms with Crippen molar-refractivity contribution < 1.29 is 26.0 Å². The average molecular weight is 338 g/mol. The van der Waals surface area contributed by atoms with E-state index in [4.69, 9.17) is 0 Å². The zero-order valence-corrected chi connectivity index (χ0v) is 11.7. The smallest absolute Gasteiger partial charge is 0.319 e. The highest BCUT2D eigenvalue weighted by molar-refractivity contribution is 7.89. The topological polar surface area (TPSA) is 76.9 Å². The van der Waals surface area contributed by atoms with Crippen molar-refractivity contribution in [2.24, 2.45) is 0 Å². The number of benzene rings is 1. The molecule has 2 aromatic rings. The molecule has 0 atom stereocenters. The van der Waals surface area contributed by atoms with Crippen molar-refractivity contribution in [3.8, 4) is 0 Å². The van der Waals surface area contributed by atoms with Crippen LogP contribution in [0.3, 0.4) is 0 Å². The van der Waals surface area contributed by atoms with Crippen LogP contribution in [0, 0.1) is 5.82 Å². The molecular formula is C11H10F4N4O2S. The van der Waals surface area contributed by atoms with Gasteiger partial charge in [-0.25, -0.2) is 17.5 Å². The second-order valence-electron chi connectivity index (χ2n) is 4.21. The molecule has 0 aliphatic heterocycles. The van der Waals surface area contributed by atoms with E-state index in [-0.39, 0.29) is 13.1 Å². The predicted octanol–water partition coefficient (Wildman–Crippen LogP) is 1.41. The summed E-state index contributed by atoms with van der Waals surface area (Å²) in [4.78, 5) is -1.15. The highest BCUT2D eigenvalue weighted by Gasteiger charge is 2.40. The summed E-state index contributed by atoms with van der Waals surface area (Å²) in [6.07, 6.45) is -2.49. The Morgan fingerprint density at radius 1 is 1.18 bits per heavy atom. The van der Waals surface area contributed by atoms with Crippen molar-refractivity contribution >= 4 is 10.0 Å². The summed E-state index contributed by atoms with van der Waals surface area (Å²) in [6, 6.07) is 2.16. The minimum Gasteiger partial charge on any atom is -0.319 e. The van der Waals surface area contributed by atoms with Crippen LogP contribution < -0.4 is 4.72 Å². The number of aromatic nitrogens is 3. The van der Waals surface area contributed by atoms with Gasteiger partial charge < -0.3 is 4.57 Å². The second kappa shape index (κ2) is 6.01. The van der Waals surface area contributed by atoms with Crippen LogP contribution in [0.15, 0.2) is 35.7 Å². The molecule has 120 valence electrons. The molecule has 11 heteroatoms. The molecule has 2 rings (SSSR count). The molecule has 1 N–H and O–H groups in total. The van der Waals surface area contributed by atoms with Crippen LogP contribution in [0.4, 0.5) is 17.6 Å². The Bertz CT molecular complexity index is 744. The molecule has 0 fully saturated rings. The van der Waals surface area contributed by atoms with E-state index in [2.05, 4.69) is 10.2 Å². The van der Waals surface area contributed by atoms with Gasteiger partial charge in [0.25, 0.3) is 0 Å². The minimum atomic E-state index is -5.12. The lowest BCUT2D eigenvalue weighted by molar-refractivity contribution is -0.142. The lowest BCUT2D eigenvalue weighted by Crippen LogP contribution is -2.29. The van der Waals surface area contributed by atoms with Gasteiger partial charge in [-0.2, -0.15) is 13.2 Å². The Balaban J connectivity index is 2.24. The number of hydrogen-bond acceptors (Lipinski definition) is 4. The summed E-state index contributed by atoms with van der Waals surface area (Å²) in [5, 5.41) is 6.98. The lowest BCUT2D eigenvalue weighted by atomic mass is 10.2. The average Bonchev–Trinajstić information content (AvgIpc) is 2.90. The maximum Gasteiger partial charge on any atom is 0.420 e. The number of sulfonamides is 1. The zero-order valence-electron chi connectivity index (χ0n) is 10.9. The van der Waals surface area contributed by atoms with Crippen LogP contribution in [0.1, 0.15) is 5.56 Å². The minimum absolute atomic E-state index is 0.114. The number of alkyl halides is 3. The molecule has 0 unspecified atom stereocenters. The quantitative estimate of drug-likeness (QED) is 0.837. The van der Waals surface area contributed by atoms with E-state index >= 15 is 0 Å². The van der Waals surface area contributed by atoms with Gasteiger partial charge in [-0.05, 0) is 12.1 Å². The molecule has 1 aromatic carbocycles. The van der Waals surface area contributed by atoms with Gasteiger partial charge in [0.2, 0.25) is 10.0 Å². The molecule has 0 saturated carbocycles. The lowest BCUT2D eigenvalue weighted by Gasteiger charge is -2.14. The summed E-state index contributed by atoms with van der Waals surface area (Å²) in [7, 11) is -4.51. The van der Waals surface area contributed by atoms with E-state index < -0.39 is 32.5 Å². The predicted molar refractivity (Wildman–Crippen MR) is 66.6 cm³/mol. The Morgan fingerprint density at radius 2 is 1.82 bits per heavy atom. The highest BCUT2D eigenvalue weighted by Crippen LogP contribution is 2.35. The molecule has 0 saturated heterocycles. The Morgan fingerprint density at radius 3 is 2.41 bits per heavy atom. The van der Waals surface area contributed by atoms with Crippen molar-refractivity contribution in [1.29, 1.82) is 0 Å². The van der Waals surface area contributed by atoms with Crippen molar-refractivity contribution in [1.82, 2.24) is 19.5 Å². The van der Waals surface area contributed by atoms with Crippen molar-refractivity contribution in [2.45, 2.75) is 17.6 Å². The third-order valence-corrected chi connectivity index (χ3v) is 4.18. The number of nitrogens with one attached hydrogen (secondary N) is 1. The molecule has 1 aromatic heterocycles. The first kappa shape index (κ1) is 16.4. The van der Waals surface area contributed by atoms with E-state index in [9.17, 15) is 26.0 Å². The number of halogens is 4. The van der Waals surface area contributed by atoms with Gasteiger partial charge in [-0.1, -0.05) is 6.07 Å². The SMILES string of the molecule is O=S(=O)(NCCn1cnnc1)c1cccc(F)c1C(F)(F)F. The highest BCUT2D eigenvalue weighted by atomic mass is 32.2. The number of hydrogen-bond donors (Lipinski definition) is 1. The summed E-state index contributed by atoms with van der Waals surface area (Å²) in [6.45, 7) is -0.0862. The first-order chi connectivity index (χ1) is 10.2. The fourth-order valence-electron chi connectivity index (χ4n) is 1.73. The molecule has 6 nitrogen and oxygen atoms in total.